The minimum Gasteiger partial charge on any atom is -0.396 e. The lowest BCUT2D eigenvalue weighted by Crippen LogP contribution is -2.13. The zero-order valence-corrected chi connectivity index (χ0v) is 10.9. The molecule has 0 saturated heterocycles. The van der Waals surface area contributed by atoms with Gasteiger partial charge in [-0.2, -0.15) is 0 Å². The number of aliphatic hydroxyl groups excluding tert-OH is 1. The van der Waals surface area contributed by atoms with Gasteiger partial charge in [0.25, 0.3) is 10.0 Å². The molecular formula is C10H11N3O3S2. The molecule has 0 atom stereocenters. The van der Waals surface area contributed by atoms with Gasteiger partial charge < -0.3 is 5.11 Å². The molecule has 0 aromatic carbocycles. The van der Waals surface area contributed by atoms with Crippen molar-refractivity contribution in [2.45, 2.75) is 10.6 Å². The summed E-state index contributed by atoms with van der Waals surface area (Å²) in [7, 11) is -3.65. The molecule has 2 heterocycles. The van der Waals surface area contributed by atoms with Crippen LogP contribution in [0.4, 0.5) is 5.95 Å². The summed E-state index contributed by atoms with van der Waals surface area (Å²) in [4.78, 5) is 8.40. The van der Waals surface area contributed by atoms with Crippen LogP contribution in [-0.2, 0) is 16.4 Å². The van der Waals surface area contributed by atoms with Crippen LogP contribution in [0.5, 0.6) is 0 Å². The number of sulfonamides is 1. The Kier molecular flexibility index (Phi) is 3.90. The molecule has 0 unspecified atom stereocenters. The zero-order chi connectivity index (χ0) is 13.0. The Morgan fingerprint density at radius 2 is 2.00 bits per heavy atom. The highest BCUT2D eigenvalue weighted by atomic mass is 32.2. The van der Waals surface area contributed by atoms with Crippen molar-refractivity contribution in [3.05, 3.63) is 35.5 Å². The second kappa shape index (κ2) is 5.42. The molecule has 0 bridgehead atoms. The van der Waals surface area contributed by atoms with Gasteiger partial charge in [-0.15, -0.1) is 11.3 Å². The van der Waals surface area contributed by atoms with Gasteiger partial charge in [0.2, 0.25) is 5.95 Å². The van der Waals surface area contributed by atoms with Crippen LogP contribution >= 0.6 is 11.3 Å². The molecule has 0 aliphatic rings. The summed E-state index contributed by atoms with van der Waals surface area (Å²) >= 11 is 1.12. The third-order valence-electron chi connectivity index (χ3n) is 2.05. The normalized spacial score (nSPS) is 11.4. The minimum atomic E-state index is -3.65. The fourth-order valence-electron chi connectivity index (χ4n) is 1.27. The fraction of sp³-hybridized carbons (Fsp3) is 0.200. The third kappa shape index (κ3) is 3.03. The molecule has 0 spiro atoms. The van der Waals surface area contributed by atoms with E-state index in [1.807, 2.05) is 0 Å². The second-order valence-electron chi connectivity index (χ2n) is 3.37. The van der Waals surface area contributed by atoms with Crippen molar-refractivity contribution in [2.75, 3.05) is 11.3 Å². The summed E-state index contributed by atoms with van der Waals surface area (Å²) in [6.45, 7) is -0.00474. The summed E-state index contributed by atoms with van der Waals surface area (Å²) in [5.41, 5.74) is 0. The highest BCUT2D eigenvalue weighted by Crippen LogP contribution is 2.23. The summed E-state index contributed by atoms with van der Waals surface area (Å²) in [6, 6.07) is 4.78. The Hall–Kier alpha value is -1.51. The first kappa shape index (κ1) is 12.9. The second-order valence-corrected chi connectivity index (χ2v) is 6.45. The number of thiophene rings is 1. The summed E-state index contributed by atoms with van der Waals surface area (Å²) in [5.74, 6) is 0.0367. The summed E-state index contributed by atoms with van der Waals surface area (Å²) in [5, 5.41) is 8.79. The number of nitrogens with one attached hydrogen (secondary N) is 1. The van der Waals surface area contributed by atoms with Crippen molar-refractivity contribution in [1.82, 2.24) is 9.97 Å². The van der Waals surface area contributed by atoms with Crippen LogP contribution in [0.1, 0.15) is 4.88 Å². The molecule has 0 fully saturated rings. The molecule has 6 nitrogen and oxygen atoms in total. The number of aromatic nitrogens is 2. The maximum absolute atomic E-state index is 12.0. The number of hydrogen-bond acceptors (Lipinski definition) is 6. The number of anilines is 1. The van der Waals surface area contributed by atoms with Gasteiger partial charge in [0.05, 0.1) is 0 Å². The van der Waals surface area contributed by atoms with Crippen LogP contribution in [0, 0.1) is 0 Å². The lowest BCUT2D eigenvalue weighted by atomic mass is 10.4. The van der Waals surface area contributed by atoms with E-state index < -0.39 is 10.0 Å². The van der Waals surface area contributed by atoms with Gasteiger partial charge in [-0.25, -0.2) is 23.1 Å². The average molecular weight is 285 g/mol. The zero-order valence-electron chi connectivity index (χ0n) is 9.28. The molecule has 0 saturated carbocycles. The molecular weight excluding hydrogens is 274 g/mol. The van der Waals surface area contributed by atoms with Gasteiger partial charge >= 0.3 is 0 Å². The number of nitrogens with zero attached hydrogens (tertiary/aromatic N) is 2. The van der Waals surface area contributed by atoms with Crippen molar-refractivity contribution in [2.24, 2.45) is 0 Å². The number of aliphatic hydroxyl groups is 1. The monoisotopic (exact) mass is 285 g/mol. The van der Waals surface area contributed by atoms with E-state index in [1.165, 1.54) is 18.5 Å². The molecule has 2 N–H and O–H groups in total. The molecule has 0 amide bonds. The number of rotatable bonds is 5. The van der Waals surface area contributed by atoms with Crippen LogP contribution in [0.25, 0.3) is 0 Å². The van der Waals surface area contributed by atoms with E-state index in [0.29, 0.717) is 6.42 Å². The first-order chi connectivity index (χ1) is 8.62. The Labute approximate surface area is 108 Å². The molecule has 18 heavy (non-hydrogen) atoms. The Morgan fingerprint density at radius 1 is 1.28 bits per heavy atom. The quantitative estimate of drug-likeness (QED) is 0.850. The molecule has 2 aromatic heterocycles. The summed E-state index contributed by atoms with van der Waals surface area (Å²) in [6.07, 6.45) is 3.36. The lowest BCUT2D eigenvalue weighted by Gasteiger charge is -2.03. The van der Waals surface area contributed by atoms with Crippen molar-refractivity contribution < 1.29 is 13.5 Å². The van der Waals surface area contributed by atoms with E-state index in [1.54, 1.807) is 12.1 Å². The first-order valence-electron chi connectivity index (χ1n) is 5.11. The maximum atomic E-state index is 12.0. The van der Waals surface area contributed by atoms with Gasteiger partial charge in [0, 0.05) is 30.3 Å². The van der Waals surface area contributed by atoms with E-state index in [-0.39, 0.29) is 16.8 Å². The molecule has 0 aliphatic carbocycles. The molecule has 0 radical (unpaired) electrons. The summed E-state index contributed by atoms with van der Waals surface area (Å²) < 4.78 is 26.4. The average Bonchev–Trinajstić information content (AvgIpc) is 2.80. The SMILES string of the molecule is O=S(=O)(Nc1ncccn1)c1ccc(CCO)s1. The highest BCUT2D eigenvalue weighted by Gasteiger charge is 2.17. The van der Waals surface area contributed by atoms with Crippen LogP contribution in [0.15, 0.2) is 34.8 Å². The molecule has 2 aromatic rings. The molecule has 2 rings (SSSR count). The van der Waals surface area contributed by atoms with Crippen molar-refractivity contribution >= 4 is 27.3 Å². The smallest absolute Gasteiger partial charge is 0.273 e. The molecule has 96 valence electrons. The first-order valence-corrected chi connectivity index (χ1v) is 7.41. The topological polar surface area (TPSA) is 92.2 Å². The van der Waals surface area contributed by atoms with E-state index in [2.05, 4.69) is 14.7 Å². The van der Waals surface area contributed by atoms with E-state index in [0.717, 1.165) is 16.2 Å². The predicted molar refractivity (Wildman–Crippen MR) is 67.9 cm³/mol. The van der Waals surface area contributed by atoms with Gasteiger partial charge in [-0.05, 0) is 18.2 Å². The Balaban J connectivity index is 2.20. The van der Waals surface area contributed by atoms with Gasteiger partial charge in [0.15, 0.2) is 0 Å². The molecule has 8 heteroatoms. The van der Waals surface area contributed by atoms with Crippen LogP contribution in [-0.4, -0.2) is 30.1 Å². The predicted octanol–water partition coefficient (Wildman–Crippen LogP) is 0.874. The van der Waals surface area contributed by atoms with E-state index in [4.69, 9.17) is 5.11 Å². The fourth-order valence-corrected chi connectivity index (χ4v) is 3.57. The van der Waals surface area contributed by atoms with Crippen LogP contribution < -0.4 is 4.72 Å². The highest BCUT2D eigenvalue weighted by molar-refractivity contribution is 7.94. The van der Waals surface area contributed by atoms with Crippen molar-refractivity contribution in [3.8, 4) is 0 Å². The van der Waals surface area contributed by atoms with Gasteiger partial charge in [-0.1, -0.05) is 0 Å². The Bertz CT molecular complexity index is 610. The van der Waals surface area contributed by atoms with Crippen molar-refractivity contribution in [3.63, 3.8) is 0 Å². The van der Waals surface area contributed by atoms with E-state index in [9.17, 15) is 8.42 Å². The van der Waals surface area contributed by atoms with E-state index >= 15 is 0 Å². The minimum absolute atomic E-state index is 0.00474. The van der Waals surface area contributed by atoms with Gasteiger partial charge in [-0.3, -0.25) is 0 Å². The van der Waals surface area contributed by atoms with Crippen LogP contribution in [0.3, 0.4) is 0 Å². The van der Waals surface area contributed by atoms with Crippen LogP contribution in [0.2, 0.25) is 0 Å². The largest absolute Gasteiger partial charge is 0.396 e. The Morgan fingerprint density at radius 3 is 2.67 bits per heavy atom. The van der Waals surface area contributed by atoms with Gasteiger partial charge in [0.1, 0.15) is 4.21 Å². The van der Waals surface area contributed by atoms with Crippen molar-refractivity contribution in [1.29, 1.82) is 0 Å². The lowest BCUT2D eigenvalue weighted by molar-refractivity contribution is 0.300. The standard InChI is InChI=1S/C10H11N3O3S2/c14-7-4-8-2-3-9(17-8)18(15,16)13-10-11-5-1-6-12-10/h1-3,5-6,14H,4,7H2,(H,11,12,13). The number of hydrogen-bond donors (Lipinski definition) is 2. The third-order valence-corrected chi connectivity index (χ3v) is 5.02. The molecule has 0 aliphatic heterocycles. The maximum Gasteiger partial charge on any atom is 0.273 e.